The van der Waals surface area contributed by atoms with Gasteiger partial charge in [0.25, 0.3) is 0 Å². The van der Waals surface area contributed by atoms with Gasteiger partial charge in [0.2, 0.25) is 0 Å². The fraction of sp³-hybridized carbons (Fsp3) is 0.533. The standard InChI is InChI=1S/C15H23N5/c1-4-13(5-2)20-7-6-12(19-20)8-14(16)15-10-17-11(3)9-18-15/h6-7,9-10,13-14H,4-5,8,16H2,1-3H3. The lowest BCUT2D eigenvalue weighted by molar-refractivity contribution is 0.424. The molecule has 2 N–H and O–H groups in total. The third kappa shape index (κ3) is 3.42. The zero-order valence-electron chi connectivity index (χ0n) is 12.5. The molecule has 0 fully saturated rings. The van der Waals surface area contributed by atoms with Gasteiger partial charge in [-0.15, -0.1) is 0 Å². The molecular weight excluding hydrogens is 250 g/mol. The molecule has 2 aromatic rings. The van der Waals surface area contributed by atoms with E-state index in [9.17, 15) is 0 Å². The molecule has 1 atom stereocenters. The van der Waals surface area contributed by atoms with Crippen molar-refractivity contribution in [2.24, 2.45) is 5.73 Å². The molecule has 20 heavy (non-hydrogen) atoms. The summed E-state index contributed by atoms with van der Waals surface area (Å²) in [5.41, 5.74) is 8.90. The van der Waals surface area contributed by atoms with E-state index in [2.05, 4.69) is 28.9 Å². The Morgan fingerprint density at radius 3 is 2.55 bits per heavy atom. The molecule has 0 saturated carbocycles. The summed E-state index contributed by atoms with van der Waals surface area (Å²) in [5, 5.41) is 4.62. The number of hydrogen-bond donors (Lipinski definition) is 1. The number of nitrogens with zero attached hydrogens (tertiary/aromatic N) is 4. The van der Waals surface area contributed by atoms with Gasteiger partial charge in [0.15, 0.2) is 0 Å². The zero-order chi connectivity index (χ0) is 14.5. The van der Waals surface area contributed by atoms with Gasteiger partial charge in [0, 0.05) is 18.8 Å². The number of rotatable bonds is 6. The molecule has 0 aliphatic rings. The zero-order valence-corrected chi connectivity index (χ0v) is 12.5. The van der Waals surface area contributed by atoms with Crippen LogP contribution in [0.1, 0.15) is 55.9 Å². The third-order valence-corrected chi connectivity index (χ3v) is 3.59. The molecule has 0 radical (unpaired) electrons. The first-order valence-corrected chi connectivity index (χ1v) is 7.22. The van der Waals surface area contributed by atoms with Crippen LogP contribution in [0.2, 0.25) is 0 Å². The van der Waals surface area contributed by atoms with Gasteiger partial charge in [-0.25, -0.2) is 0 Å². The Hall–Kier alpha value is -1.75. The summed E-state index contributed by atoms with van der Waals surface area (Å²) in [6, 6.07) is 2.35. The maximum Gasteiger partial charge on any atom is 0.0758 e. The van der Waals surface area contributed by atoms with Crippen LogP contribution in [-0.4, -0.2) is 19.7 Å². The maximum absolute atomic E-state index is 6.18. The van der Waals surface area contributed by atoms with Crippen LogP contribution in [0.3, 0.4) is 0 Å². The van der Waals surface area contributed by atoms with Gasteiger partial charge < -0.3 is 5.73 Å². The molecule has 0 aliphatic carbocycles. The lowest BCUT2D eigenvalue weighted by Crippen LogP contribution is -2.16. The average molecular weight is 273 g/mol. The van der Waals surface area contributed by atoms with Gasteiger partial charge in [-0.2, -0.15) is 5.10 Å². The Morgan fingerprint density at radius 2 is 1.95 bits per heavy atom. The molecule has 2 rings (SSSR count). The van der Waals surface area contributed by atoms with Crippen LogP contribution in [0.25, 0.3) is 0 Å². The fourth-order valence-corrected chi connectivity index (χ4v) is 2.28. The molecule has 0 bridgehead atoms. The van der Waals surface area contributed by atoms with Gasteiger partial charge in [-0.3, -0.25) is 14.6 Å². The van der Waals surface area contributed by atoms with Crippen LogP contribution >= 0.6 is 0 Å². The van der Waals surface area contributed by atoms with E-state index in [-0.39, 0.29) is 6.04 Å². The molecule has 2 aromatic heterocycles. The van der Waals surface area contributed by atoms with Gasteiger partial charge in [0.05, 0.1) is 35.4 Å². The van der Waals surface area contributed by atoms with Crippen LogP contribution in [0.5, 0.6) is 0 Å². The van der Waals surface area contributed by atoms with Gasteiger partial charge in [-0.1, -0.05) is 13.8 Å². The van der Waals surface area contributed by atoms with Crippen molar-refractivity contribution in [3.63, 3.8) is 0 Å². The Labute approximate surface area is 120 Å². The Balaban J connectivity index is 2.04. The number of aryl methyl sites for hydroxylation is 1. The van der Waals surface area contributed by atoms with Crippen molar-refractivity contribution in [3.05, 3.63) is 41.7 Å². The van der Waals surface area contributed by atoms with Crippen molar-refractivity contribution in [2.75, 3.05) is 0 Å². The molecule has 0 amide bonds. The second-order valence-corrected chi connectivity index (χ2v) is 5.15. The molecule has 5 nitrogen and oxygen atoms in total. The maximum atomic E-state index is 6.18. The predicted octanol–water partition coefficient (Wildman–Crippen LogP) is 2.59. The highest BCUT2D eigenvalue weighted by atomic mass is 15.3. The van der Waals surface area contributed by atoms with E-state index in [1.54, 1.807) is 12.4 Å². The van der Waals surface area contributed by atoms with Gasteiger partial charge >= 0.3 is 0 Å². The number of aromatic nitrogens is 4. The number of hydrogen-bond acceptors (Lipinski definition) is 4. The average Bonchev–Trinajstić information content (AvgIpc) is 2.89. The molecule has 5 heteroatoms. The van der Waals surface area contributed by atoms with Crippen molar-refractivity contribution < 1.29 is 0 Å². The second kappa shape index (κ2) is 6.61. The van der Waals surface area contributed by atoms with Crippen LogP contribution < -0.4 is 5.73 Å². The summed E-state index contributed by atoms with van der Waals surface area (Å²) in [5.74, 6) is 0. The minimum Gasteiger partial charge on any atom is -0.322 e. The van der Waals surface area contributed by atoms with Gasteiger partial charge in [-0.05, 0) is 25.8 Å². The van der Waals surface area contributed by atoms with Crippen LogP contribution in [0, 0.1) is 6.92 Å². The summed E-state index contributed by atoms with van der Waals surface area (Å²) >= 11 is 0. The minimum atomic E-state index is -0.159. The molecule has 2 heterocycles. The first kappa shape index (κ1) is 14.7. The fourth-order valence-electron chi connectivity index (χ4n) is 2.28. The van der Waals surface area contributed by atoms with Crippen molar-refractivity contribution in [1.29, 1.82) is 0 Å². The van der Waals surface area contributed by atoms with Crippen LogP contribution in [0.4, 0.5) is 0 Å². The van der Waals surface area contributed by atoms with Crippen molar-refractivity contribution >= 4 is 0 Å². The van der Waals surface area contributed by atoms with Crippen molar-refractivity contribution in [2.45, 2.75) is 52.1 Å². The molecule has 1 unspecified atom stereocenters. The molecule has 108 valence electrons. The Bertz CT molecular complexity index is 527. The lowest BCUT2D eigenvalue weighted by Gasteiger charge is -2.13. The molecule has 0 aromatic carbocycles. The van der Waals surface area contributed by atoms with Crippen LogP contribution in [0.15, 0.2) is 24.7 Å². The Kier molecular flexibility index (Phi) is 4.84. The van der Waals surface area contributed by atoms with E-state index in [1.165, 1.54) is 0 Å². The second-order valence-electron chi connectivity index (χ2n) is 5.15. The van der Waals surface area contributed by atoms with E-state index in [4.69, 9.17) is 5.73 Å². The largest absolute Gasteiger partial charge is 0.322 e. The number of nitrogens with two attached hydrogens (primary N) is 1. The van der Waals surface area contributed by atoms with E-state index in [1.807, 2.05) is 23.9 Å². The van der Waals surface area contributed by atoms with Crippen LogP contribution in [-0.2, 0) is 6.42 Å². The quantitative estimate of drug-likeness (QED) is 0.878. The third-order valence-electron chi connectivity index (χ3n) is 3.59. The van der Waals surface area contributed by atoms with Gasteiger partial charge in [0.1, 0.15) is 0 Å². The highest BCUT2D eigenvalue weighted by molar-refractivity contribution is 5.10. The first-order valence-electron chi connectivity index (χ1n) is 7.22. The Morgan fingerprint density at radius 1 is 1.20 bits per heavy atom. The highest BCUT2D eigenvalue weighted by Gasteiger charge is 2.13. The summed E-state index contributed by atoms with van der Waals surface area (Å²) in [4.78, 5) is 8.56. The lowest BCUT2D eigenvalue weighted by atomic mass is 10.1. The van der Waals surface area contributed by atoms with E-state index in [0.717, 1.165) is 29.9 Å². The SMILES string of the molecule is CCC(CC)n1ccc(CC(N)c2cnc(C)cn2)n1. The normalized spacial score (nSPS) is 12.8. The summed E-state index contributed by atoms with van der Waals surface area (Å²) in [6.07, 6.45) is 8.40. The summed E-state index contributed by atoms with van der Waals surface area (Å²) in [6.45, 7) is 6.28. The minimum absolute atomic E-state index is 0.159. The monoisotopic (exact) mass is 273 g/mol. The summed E-state index contributed by atoms with van der Waals surface area (Å²) in [7, 11) is 0. The van der Waals surface area contributed by atoms with Crippen molar-refractivity contribution in [1.82, 2.24) is 19.7 Å². The molecule has 0 spiro atoms. The van der Waals surface area contributed by atoms with E-state index < -0.39 is 0 Å². The molecule has 0 saturated heterocycles. The molecule has 0 aliphatic heterocycles. The molecular formula is C15H23N5. The van der Waals surface area contributed by atoms with E-state index in [0.29, 0.717) is 12.5 Å². The topological polar surface area (TPSA) is 69.6 Å². The summed E-state index contributed by atoms with van der Waals surface area (Å²) < 4.78 is 2.04. The predicted molar refractivity (Wildman–Crippen MR) is 79.2 cm³/mol. The van der Waals surface area contributed by atoms with E-state index >= 15 is 0 Å². The van der Waals surface area contributed by atoms with Crippen molar-refractivity contribution in [3.8, 4) is 0 Å². The highest BCUT2D eigenvalue weighted by Crippen LogP contribution is 2.17. The smallest absolute Gasteiger partial charge is 0.0758 e. The first-order chi connectivity index (χ1) is 9.63.